The highest BCUT2D eigenvalue weighted by Gasteiger charge is 2.20. The van der Waals surface area contributed by atoms with E-state index in [-0.39, 0.29) is 0 Å². The van der Waals surface area contributed by atoms with Crippen LogP contribution < -0.4 is 10.2 Å². The molecule has 2 heterocycles. The highest BCUT2D eigenvalue weighted by atomic mass is 79.9. The molecule has 1 fully saturated rings. The van der Waals surface area contributed by atoms with E-state index in [1.54, 1.807) is 19.5 Å². The summed E-state index contributed by atoms with van der Waals surface area (Å²) in [7, 11) is 1.68. The smallest absolute Gasteiger partial charge is 0.225 e. The molecule has 0 spiro atoms. The van der Waals surface area contributed by atoms with E-state index >= 15 is 0 Å². The standard InChI is InChI=1S/C12H18BrN5OS/c1-19-7-2-14-12(20)18-5-3-17(4-6-18)11-15-8-10(13)9-16-11/h8-9H,2-7H2,1H3,(H,14,20). The van der Waals surface area contributed by atoms with Crippen LogP contribution in [0.4, 0.5) is 5.95 Å². The Balaban J connectivity index is 1.80. The van der Waals surface area contributed by atoms with Crippen molar-refractivity contribution in [1.82, 2.24) is 20.2 Å². The second-order valence-electron chi connectivity index (χ2n) is 4.40. The summed E-state index contributed by atoms with van der Waals surface area (Å²) in [5, 5.41) is 3.98. The van der Waals surface area contributed by atoms with Crippen molar-refractivity contribution in [2.75, 3.05) is 51.3 Å². The Morgan fingerprint density at radius 2 is 2.00 bits per heavy atom. The number of halogens is 1. The highest BCUT2D eigenvalue weighted by molar-refractivity contribution is 9.10. The molecule has 0 unspecified atom stereocenters. The molecule has 20 heavy (non-hydrogen) atoms. The average Bonchev–Trinajstić information content (AvgIpc) is 2.48. The maximum absolute atomic E-state index is 5.36. The van der Waals surface area contributed by atoms with Crippen LogP contribution in [0.25, 0.3) is 0 Å². The molecule has 1 aromatic heterocycles. The first-order chi connectivity index (χ1) is 9.70. The second kappa shape index (κ2) is 7.70. The molecule has 8 heteroatoms. The van der Waals surface area contributed by atoms with E-state index in [2.05, 4.69) is 41.0 Å². The minimum Gasteiger partial charge on any atom is -0.383 e. The summed E-state index contributed by atoms with van der Waals surface area (Å²) in [5.41, 5.74) is 0. The fourth-order valence-corrected chi connectivity index (χ4v) is 2.44. The summed E-state index contributed by atoms with van der Waals surface area (Å²) in [4.78, 5) is 13.0. The molecule has 0 aromatic carbocycles. The summed E-state index contributed by atoms with van der Waals surface area (Å²) in [6.45, 7) is 4.89. The van der Waals surface area contributed by atoms with Crippen molar-refractivity contribution in [3.05, 3.63) is 16.9 Å². The lowest BCUT2D eigenvalue weighted by molar-refractivity contribution is 0.202. The van der Waals surface area contributed by atoms with Gasteiger partial charge in [-0.2, -0.15) is 0 Å². The van der Waals surface area contributed by atoms with Gasteiger partial charge in [-0.3, -0.25) is 0 Å². The van der Waals surface area contributed by atoms with Crippen molar-refractivity contribution in [2.24, 2.45) is 0 Å². The van der Waals surface area contributed by atoms with Crippen LogP contribution >= 0.6 is 28.1 Å². The normalized spacial score (nSPS) is 15.3. The number of hydrogen-bond donors (Lipinski definition) is 1. The molecular formula is C12H18BrN5OS. The summed E-state index contributed by atoms with van der Waals surface area (Å²) in [6.07, 6.45) is 3.54. The van der Waals surface area contributed by atoms with Gasteiger partial charge in [-0.25, -0.2) is 9.97 Å². The quantitative estimate of drug-likeness (QED) is 0.632. The average molecular weight is 360 g/mol. The van der Waals surface area contributed by atoms with E-state index in [1.807, 2.05) is 0 Å². The Labute approximate surface area is 132 Å². The molecule has 1 N–H and O–H groups in total. The molecule has 2 rings (SSSR count). The van der Waals surface area contributed by atoms with Crippen LogP contribution in [0.2, 0.25) is 0 Å². The van der Waals surface area contributed by atoms with Gasteiger partial charge in [0.05, 0.1) is 11.1 Å². The summed E-state index contributed by atoms with van der Waals surface area (Å²) in [5.74, 6) is 0.770. The van der Waals surface area contributed by atoms with Gasteiger partial charge in [-0.1, -0.05) is 0 Å². The molecule has 0 atom stereocenters. The topological polar surface area (TPSA) is 53.5 Å². The second-order valence-corrected chi connectivity index (χ2v) is 5.70. The molecule has 110 valence electrons. The van der Waals surface area contributed by atoms with Crippen molar-refractivity contribution in [1.29, 1.82) is 0 Å². The van der Waals surface area contributed by atoms with Crippen LogP contribution in [0.3, 0.4) is 0 Å². The van der Waals surface area contributed by atoms with Gasteiger partial charge >= 0.3 is 0 Å². The number of nitrogens with zero attached hydrogens (tertiary/aromatic N) is 4. The number of anilines is 1. The van der Waals surface area contributed by atoms with Crippen LogP contribution in [0, 0.1) is 0 Å². The molecule has 0 saturated carbocycles. The summed E-state index contributed by atoms with van der Waals surface area (Å²) in [6, 6.07) is 0. The number of aromatic nitrogens is 2. The van der Waals surface area contributed by atoms with Crippen molar-refractivity contribution in [2.45, 2.75) is 0 Å². The lowest BCUT2D eigenvalue weighted by Gasteiger charge is -2.36. The maximum atomic E-state index is 5.36. The van der Waals surface area contributed by atoms with E-state index < -0.39 is 0 Å². The molecule has 0 bridgehead atoms. The number of nitrogens with one attached hydrogen (secondary N) is 1. The molecular weight excluding hydrogens is 342 g/mol. The predicted octanol–water partition coefficient (Wildman–Crippen LogP) is 0.882. The van der Waals surface area contributed by atoms with Gasteiger partial charge in [-0.15, -0.1) is 0 Å². The molecule has 6 nitrogen and oxygen atoms in total. The Kier molecular flexibility index (Phi) is 5.93. The number of thiocarbonyl (C=S) groups is 1. The SMILES string of the molecule is COCCNC(=S)N1CCN(c2ncc(Br)cn2)CC1. The lowest BCUT2D eigenvalue weighted by Crippen LogP contribution is -2.52. The molecule has 0 radical (unpaired) electrons. The Hall–Kier alpha value is -0.990. The molecule has 0 amide bonds. The molecule has 1 aliphatic heterocycles. The predicted molar refractivity (Wildman–Crippen MR) is 86.0 cm³/mol. The van der Waals surface area contributed by atoms with Gasteiger partial charge in [-0.05, 0) is 28.1 Å². The molecule has 0 aliphatic carbocycles. The number of rotatable bonds is 4. The maximum Gasteiger partial charge on any atom is 0.225 e. The molecule has 1 saturated heterocycles. The number of methoxy groups -OCH3 is 1. The Morgan fingerprint density at radius 1 is 1.35 bits per heavy atom. The van der Waals surface area contributed by atoms with Gasteiger partial charge in [0.2, 0.25) is 5.95 Å². The van der Waals surface area contributed by atoms with Crippen LogP contribution in [0.1, 0.15) is 0 Å². The van der Waals surface area contributed by atoms with E-state index in [9.17, 15) is 0 Å². The van der Waals surface area contributed by atoms with E-state index in [0.717, 1.165) is 48.3 Å². The third kappa shape index (κ3) is 4.26. The van der Waals surface area contributed by atoms with Gasteiger partial charge in [0.15, 0.2) is 5.11 Å². The van der Waals surface area contributed by atoms with E-state index in [1.165, 1.54) is 0 Å². The zero-order valence-electron chi connectivity index (χ0n) is 11.4. The van der Waals surface area contributed by atoms with E-state index in [4.69, 9.17) is 17.0 Å². The molecule has 1 aliphatic rings. The zero-order valence-corrected chi connectivity index (χ0v) is 13.8. The molecule has 1 aromatic rings. The minimum atomic E-state index is 0.660. The third-order valence-electron chi connectivity index (χ3n) is 3.04. The van der Waals surface area contributed by atoms with Crippen molar-refractivity contribution < 1.29 is 4.74 Å². The van der Waals surface area contributed by atoms with E-state index in [0.29, 0.717) is 6.61 Å². The zero-order chi connectivity index (χ0) is 14.4. The largest absolute Gasteiger partial charge is 0.383 e. The Bertz CT molecular complexity index is 436. The van der Waals surface area contributed by atoms with Crippen molar-refractivity contribution in [3.63, 3.8) is 0 Å². The van der Waals surface area contributed by atoms with Crippen LogP contribution in [-0.4, -0.2) is 66.4 Å². The first-order valence-corrected chi connectivity index (χ1v) is 7.65. The van der Waals surface area contributed by atoms with Gasteiger partial charge in [0.25, 0.3) is 0 Å². The highest BCUT2D eigenvalue weighted by Crippen LogP contribution is 2.13. The number of ether oxygens (including phenoxy) is 1. The van der Waals surface area contributed by atoms with Gasteiger partial charge in [0, 0.05) is 52.2 Å². The third-order valence-corrected chi connectivity index (χ3v) is 3.85. The monoisotopic (exact) mass is 359 g/mol. The number of piperazine rings is 1. The lowest BCUT2D eigenvalue weighted by atomic mass is 10.3. The Morgan fingerprint density at radius 3 is 2.60 bits per heavy atom. The van der Waals surface area contributed by atoms with Gasteiger partial charge < -0.3 is 19.9 Å². The van der Waals surface area contributed by atoms with Crippen LogP contribution in [-0.2, 0) is 4.74 Å². The summed E-state index contributed by atoms with van der Waals surface area (Å²) < 4.78 is 5.89. The first-order valence-electron chi connectivity index (χ1n) is 6.45. The minimum absolute atomic E-state index is 0.660. The van der Waals surface area contributed by atoms with Crippen molar-refractivity contribution >= 4 is 39.2 Å². The first kappa shape index (κ1) is 15.4. The summed E-state index contributed by atoms with van der Waals surface area (Å²) >= 11 is 8.70. The number of hydrogen-bond acceptors (Lipinski definition) is 5. The van der Waals surface area contributed by atoms with Crippen LogP contribution in [0.15, 0.2) is 16.9 Å². The van der Waals surface area contributed by atoms with Crippen LogP contribution in [0.5, 0.6) is 0 Å². The van der Waals surface area contributed by atoms with Gasteiger partial charge in [0.1, 0.15) is 0 Å². The fourth-order valence-electron chi connectivity index (χ4n) is 1.95. The van der Waals surface area contributed by atoms with Crippen molar-refractivity contribution in [3.8, 4) is 0 Å². The fraction of sp³-hybridized carbons (Fsp3) is 0.583.